The fraction of sp³-hybridized carbons (Fsp3) is 0.394. The lowest BCUT2D eigenvalue weighted by atomic mass is 9.95. The van der Waals surface area contributed by atoms with Crippen molar-refractivity contribution >= 4 is 45.0 Å². The van der Waals surface area contributed by atoms with Gasteiger partial charge in [0.15, 0.2) is 5.82 Å². The Bertz CT molecular complexity index is 1730. The largest absolute Gasteiger partial charge is 0.461 e. The molecule has 43 heavy (non-hydrogen) atoms. The Kier molecular flexibility index (Phi) is 7.18. The number of hydrogen-bond acceptors (Lipinski definition) is 7. The van der Waals surface area contributed by atoms with E-state index in [9.17, 15) is 4.79 Å². The maximum atomic E-state index is 16.6. The number of nitrogens with zero attached hydrogens (tertiary/aromatic N) is 6. The molecule has 3 saturated heterocycles. The molecule has 3 fully saturated rings. The molecule has 1 amide bonds. The summed E-state index contributed by atoms with van der Waals surface area (Å²) in [6.45, 7) is 7.38. The molecule has 7 rings (SSSR count). The lowest BCUT2D eigenvalue weighted by Gasteiger charge is -2.31. The summed E-state index contributed by atoms with van der Waals surface area (Å²) in [5.41, 5.74) is 0.900. The van der Waals surface area contributed by atoms with Crippen LogP contribution in [-0.4, -0.2) is 82.1 Å². The molecule has 3 aliphatic heterocycles. The molecule has 2 aromatic heterocycles. The van der Waals surface area contributed by atoms with Crippen molar-refractivity contribution in [1.82, 2.24) is 24.8 Å². The van der Waals surface area contributed by atoms with Crippen LogP contribution in [0.25, 0.3) is 32.9 Å². The second-order valence-corrected chi connectivity index (χ2v) is 12.3. The molecular formula is C33H34ClFN6O2. The summed E-state index contributed by atoms with van der Waals surface area (Å²) in [6, 6.07) is 11.4. The molecule has 5 heterocycles. The summed E-state index contributed by atoms with van der Waals surface area (Å²) in [5.74, 6) is -0.127. The van der Waals surface area contributed by atoms with Crippen LogP contribution in [0.15, 0.2) is 55.3 Å². The quantitative estimate of drug-likeness (QED) is 0.246. The van der Waals surface area contributed by atoms with Crippen LogP contribution in [-0.2, 0) is 4.79 Å². The molecule has 0 unspecified atom stereocenters. The Balaban J connectivity index is 1.32. The molecule has 0 aliphatic carbocycles. The second-order valence-electron chi connectivity index (χ2n) is 11.9. The second kappa shape index (κ2) is 11.0. The maximum Gasteiger partial charge on any atom is 0.319 e. The van der Waals surface area contributed by atoms with Crippen LogP contribution in [0.4, 0.5) is 10.2 Å². The highest BCUT2D eigenvalue weighted by molar-refractivity contribution is 6.36. The van der Waals surface area contributed by atoms with E-state index in [1.54, 1.807) is 17.2 Å². The third kappa shape index (κ3) is 4.79. The normalized spacial score (nSPS) is 19.7. The van der Waals surface area contributed by atoms with Gasteiger partial charge in [0.2, 0.25) is 5.91 Å². The zero-order chi connectivity index (χ0) is 29.7. The highest BCUT2D eigenvalue weighted by Gasteiger charge is 2.45. The molecule has 222 valence electrons. The number of anilines is 1. The molecule has 2 aromatic carbocycles. The summed E-state index contributed by atoms with van der Waals surface area (Å²) in [4.78, 5) is 32.7. The number of hydrogen-bond donors (Lipinski definition) is 0. The number of pyridine rings is 1. The molecule has 1 atom stereocenters. The van der Waals surface area contributed by atoms with E-state index in [0.29, 0.717) is 41.5 Å². The Morgan fingerprint density at radius 1 is 1.19 bits per heavy atom. The minimum absolute atomic E-state index is 0.0109. The van der Waals surface area contributed by atoms with E-state index in [1.807, 2.05) is 42.3 Å². The number of rotatable bonds is 7. The van der Waals surface area contributed by atoms with Gasteiger partial charge in [0.25, 0.3) is 0 Å². The van der Waals surface area contributed by atoms with Crippen molar-refractivity contribution in [1.29, 1.82) is 0 Å². The van der Waals surface area contributed by atoms with Crippen molar-refractivity contribution in [2.45, 2.75) is 43.7 Å². The summed E-state index contributed by atoms with van der Waals surface area (Å²) < 4.78 is 23.0. The lowest BCUT2D eigenvalue weighted by Crippen LogP contribution is -2.43. The monoisotopic (exact) mass is 600 g/mol. The fourth-order valence-corrected chi connectivity index (χ4v) is 7.54. The van der Waals surface area contributed by atoms with Gasteiger partial charge in [-0.25, -0.2) is 4.39 Å². The van der Waals surface area contributed by atoms with Crippen molar-refractivity contribution in [2.24, 2.45) is 0 Å². The number of likely N-dealkylation sites (N-methyl/N-ethyl adjacent to an activating group) is 1. The molecule has 0 N–H and O–H groups in total. The van der Waals surface area contributed by atoms with Crippen molar-refractivity contribution in [3.8, 4) is 17.3 Å². The van der Waals surface area contributed by atoms with Crippen LogP contribution in [0.3, 0.4) is 0 Å². The summed E-state index contributed by atoms with van der Waals surface area (Å²) in [6.07, 6.45) is 8.17. The van der Waals surface area contributed by atoms with Gasteiger partial charge in [0, 0.05) is 48.3 Å². The average molecular weight is 601 g/mol. The van der Waals surface area contributed by atoms with Crippen LogP contribution in [0.5, 0.6) is 6.01 Å². The van der Waals surface area contributed by atoms with E-state index in [4.69, 9.17) is 21.3 Å². The van der Waals surface area contributed by atoms with Gasteiger partial charge in [-0.3, -0.25) is 14.7 Å². The minimum Gasteiger partial charge on any atom is -0.461 e. The molecule has 0 radical (unpaired) electrons. The molecule has 4 aromatic rings. The zero-order valence-corrected chi connectivity index (χ0v) is 25.0. The van der Waals surface area contributed by atoms with Gasteiger partial charge in [-0.15, -0.1) is 0 Å². The van der Waals surface area contributed by atoms with Crippen molar-refractivity contribution in [3.63, 3.8) is 0 Å². The average Bonchev–Trinajstić information content (AvgIpc) is 3.76. The predicted octanol–water partition coefficient (Wildman–Crippen LogP) is 5.87. The number of carbonyl (C=O) groups excluding carboxylic acids is 1. The highest BCUT2D eigenvalue weighted by atomic mass is 35.5. The third-order valence-corrected chi connectivity index (χ3v) is 9.88. The maximum absolute atomic E-state index is 16.6. The molecule has 0 bridgehead atoms. The first kappa shape index (κ1) is 28.0. The molecule has 10 heteroatoms. The number of benzene rings is 2. The SMILES string of the molecule is C=CC(=O)N1CC[C@@H](N(C)c2nc(OCC34CCCN3CCC4)nc3c(F)c(-c4cccc5cccc(Cl)c45)ncc23)C1. The van der Waals surface area contributed by atoms with Gasteiger partial charge in [0.05, 0.1) is 10.9 Å². The van der Waals surface area contributed by atoms with E-state index >= 15 is 4.39 Å². The Hall–Kier alpha value is -3.82. The van der Waals surface area contributed by atoms with Crippen molar-refractivity contribution in [2.75, 3.05) is 44.7 Å². The number of aromatic nitrogens is 3. The first-order chi connectivity index (χ1) is 20.9. The van der Waals surface area contributed by atoms with Crippen LogP contribution in [0.1, 0.15) is 32.1 Å². The van der Waals surface area contributed by atoms with Gasteiger partial charge in [0.1, 0.15) is 23.6 Å². The van der Waals surface area contributed by atoms with Gasteiger partial charge in [-0.2, -0.15) is 9.97 Å². The molecular weight excluding hydrogens is 567 g/mol. The Morgan fingerprint density at radius 3 is 2.72 bits per heavy atom. The Morgan fingerprint density at radius 2 is 1.95 bits per heavy atom. The smallest absolute Gasteiger partial charge is 0.319 e. The fourth-order valence-electron chi connectivity index (χ4n) is 7.26. The van der Waals surface area contributed by atoms with Crippen LogP contribution in [0.2, 0.25) is 5.02 Å². The molecule has 3 aliphatic rings. The van der Waals surface area contributed by atoms with Crippen molar-refractivity contribution < 1.29 is 13.9 Å². The van der Waals surface area contributed by atoms with Crippen LogP contribution >= 0.6 is 11.6 Å². The molecule has 8 nitrogen and oxygen atoms in total. The standard InChI is InChI=1S/C33H34ClFN6O2/c1-3-26(42)40-17-12-22(19-40)39(2)31-24-18-36-29(23-10-4-8-21-9-5-11-25(34)27(21)23)28(35)30(24)37-32(38-31)43-20-33-13-6-15-41(33)16-7-14-33/h3-5,8-11,18,22H,1,6-7,12-17,19-20H2,2H3/t22-/m1/s1. The number of fused-ring (bicyclic) bond motifs is 3. The van der Waals surface area contributed by atoms with Crippen LogP contribution < -0.4 is 9.64 Å². The summed E-state index contributed by atoms with van der Waals surface area (Å²) in [5, 5.41) is 2.64. The van der Waals surface area contributed by atoms with Gasteiger partial charge in [-0.05, 0) is 62.7 Å². The van der Waals surface area contributed by atoms with E-state index in [2.05, 4.69) is 21.4 Å². The molecule has 0 saturated carbocycles. The van der Waals surface area contributed by atoms with Gasteiger partial charge < -0.3 is 14.5 Å². The zero-order valence-electron chi connectivity index (χ0n) is 24.2. The number of carbonyl (C=O) groups is 1. The summed E-state index contributed by atoms with van der Waals surface area (Å²) >= 11 is 6.60. The first-order valence-electron chi connectivity index (χ1n) is 14.9. The van der Waals surface area contributed by atoms with E-state index in [-0.39, 0.29) is 34.7 Å². The number of likely N-dealkylation sites (tertiary alicyclic amines) is 1. The van der Waals surface area contributed by atoms with Crippen LogP contribution in [0, 0.1) is 5.82 Å². The van der Waals surface area contributed by atoms with Crippen molar-refractivity contribution in [3.05, 3.63) is 66.1 Å². The molecule has 0 spiro atoms. The number of halogens is 2. The summed E-state index contributed by atoms with van der Waals surface area (Å²) in [7, 11) is 1.92. The van der Waals surface area contributed by atoms with E-state index in [0.717, 1.165) is 56.0 Å². The number of amides is 1. The van der Waals surface area contributed by atoms with Gasteiger partial charge in [-0.1, -0.05) is 48.5 Å². The predicted molar refractivity (Wildman–Crippen MR) is 167 cm³/mol. The van der Waals surface area contributed by atoms with E-state index < -0.39 is 5.82 Å². The topological polar surface area (TPSA) is 74.7 Å². The van der Waals surface area contributed by atoms with E-state index in [1.165, 1.54) is 6.08 Å². The van der Waals surface area contributed by atoms with Gasteiger partial charge >= 0.3 is 6.01 Å². The minimum atomic E-state index is -0.553. The number of ether oxygens (including phenoxy) is 1. The highest BCUT2D eigenvalue weighted by Crippen LogP contribution is 2.40. The Labute approximate surface area is 255 Å². The lowest BCUT2D eigenvalue weighted by molar-refractivity contribution is -0.125. The third-order valence-electron chi connectivity index (χ3n) is 9.57. The first-order valence-corrected chi connectivity index (χ1v) is 15.3.